The first-order valence-electron chi connectivity index (χ1n) is 5.61. The zero-order valence-corrected chi connectivity index (χ0v) is 12.3. The number of carboxylic acid groups (broad SMARTS) is 1. The second kappa shape index (κ2) is 5.80. The topological polar surface area (TPSA) is 40.5 Å². The molecule has 1 aromatic rings. The van der Waals surface area contributed by atoms with Crippen LogP contribution in [0.25, 0.3) is 0 Å². The maximum atomic E-state index is 13.1. The Morgan fingerprint density at radius 1 is 1.44 bits per heavy atom. The molecule has 0 bridgehead atoms. The highest BCUT2D eigenvalue weighted by atomic mass is 79.9. The van der Waals surface area contributed by atoms with Gasteiger partial charge in [-0.1, -0.05) is 6.07 Å². The summed E-state index contributed by atoms with van der Waals surface area (Å²) < 4.78 is 13.5. The molecular weight excluding hydrogens is 301 g/mol. The predicted molar refractivity (Wildman–Crippen MR) is 71.9 cm³/mol. The monoisotopic (exact) mass is 317 g/mol. The molecule has 100 valence electrons. The van der Waals surface area contributed by atoms with E-state index in [0.717, 1.165) is 5.56 Å². The maximum absolute atomic E-state index is 13.1. The van der Waals surface area contributed by atoms with Crippen LogP contribution in [0.5, 0.6) is 0 Å². The standard InChI is InChI=1S/C13H17BrFNO2/c1-13(2,3)16(8-12(17)18)7-9-4-5-11(15)10(14)6-9/h4-6H,7-8H2,1-3H3,(H,17,18). The van der Waals surface area contributed by atoms with Gasteiger partial charge in [0.25, 0.3) is 0 Å². The van der Waals surface area contributed by atoms with Crippen molar-refractivity contribution >= 4 is 21.9 Å². The molecule has 0 aliphatic carbocycles. The third kappa shape index (κ3) is 4.38. The first-order chi connectivity index (χ1) is 8.20. The van der Waals surface area contributed by atoms with Gasteiger partial charge in [-0.25, -0.2) is 4.39 Å². The van der Waals surface area contributed by atoms with Gasteiger partial charge in [0.1, 0.15) is 5.82 Å². The average molecular weight is 318 g/mol. The van der Waals surface area contributed by atoms with E-state index in [4.69, 9.17) is 5.11 Å². The van der Waals surface area contributed by atoms with Crippen molar-refractivity contribution in [1.29, 1.82) is 0 Å². The van der Waals surface area contributed by atoms with Crippen LogP contribution in [0.3, 0.4) is 0 Å². The van der Waals surface area contributed by atoms with Gasteiger partial charge in [0.05, 0.1) is 11.0 Å². The molecule has 18 heavy (non-hydrogen) atoms. The van der Waals surface area contributed by atoms with Crippen molar-refractivity contribution in [2.24, 2.45) is 0 Å². The molecular formula is C13H17BrFNO2. The van der Waals surface area contributed by atoms with E-state index in [0.29, 0.717) is 11.0 Å². The minimum absolute atomic E-state index is 0.0432. The molecule has 5 heteroatoms. The van der Waals surface area contributed by atoms with E-state index in [2.05, 4.69) is 15.9 Å². The number of aliphatic carboxylic acids is 1. The van der Waals surface area contributed by atoms with Crippen LogP contribution in [0.15, 0.2) is 22.7 Å². The Kier molecular flexibility index (Phi) is 4.87. The van der Waals surface area contributed by atoms with Crippen molar-refractivity contribution < 1.29 is 14.3 Å². The fraction of sp³-hybridized carbons (Fsp3) is 0.462. The van der Waals surface area contributed by atoms with E-state index in [9.17, 15) is 9.18 Å². The molecule has 1 N–H and O–H groups in total. The van der Waals surface area contributed by atoms with Gasteiger partial charge in [0, 0.05) is 12.1 Å². The normalized spacial score (nSPS) is 11.9. The second-order valence-corrected chi connectivity index (χ2v) is 6.02. The molecule has 0 aliphatic heterocycles. The molecule has 0 aromatic heterocycles. The van der Waals surface area contributed by atoms with Gasteiger partial charge in [-0.05, 0) is 54.4 Å². The van der Waals surface area contributed by atoms with Crippen molar-refractivity contribution in [1.82, 2.24) is 4.90 Å². The first-order valence-corrected chi connectivity index (χ1v) is 6.40. The quantitative estimate of drug-likeness (QED) is 0.926. The zero-order valence-electron chi connectivity index (χ0n) is 10.7. The van der Waals surface area contributed by atoms with Gasteiger partial charge in [-0.15, -0.1) is 0 Å². The number of hydrogen-bond donors (Lipinski definition) is 1. The van der Waals surface area contributed by atoms with Crippen molar-refractivity contribution in [2.45, 2.75) is 32.9 Å². The summed E-state index contributed by atoms with van der Waals surface area (Å²) in [7, 11) is 0. The lowest BCUT2D eigenvalue weighted by Crippen LogP contribution is -2.43. The molecule has 0 saturated heterocycles. The summed E-state index contributed by atoms with van der Waals surface area (Å²) in [6, 6.07) is 4.72. The summed E-state index contributed by atoms with van der Waals surface area (Å²) in [4.78, 5) is 12.7. The zero-order chi connectivity index (χ0) is 13.9. The molecule has 0 amide bonds. The third-order valence-corrected chi connectivity index (χ3v) is 3.24. The van der Waals surface area contributed by atoms with E-state index >= 15 is 0 Å². The minimum Gasteiger partial charge on any atom is -0.480 e. The summed E-state index contributed by atoms with van der Waals surface area (Å²) in [5.74, 6) is -1.19. The molecule has 1 rings (SSSR count). The van der Waals surface area contributed by atoms with Crippen molar-refractivity contribution in [2.75, 3.05) is 6.54 Å². The van der Waals surface area contributed by atoms with Gasteiger partial charge in [-0.3, -0.25) is 9.69 Å². The van der Waals surface area contributed by atoms with Crippen LogP contribution in [0, 0.1) is 5.82 Å². The van der Waals surface area contributed by atoms with Gasteiger partial charge in [0.2, 0.25) is 0 Å². The smallest absolute Gasteiger partial charge is 0.317 e. The van der Waals surface area contributed by atoms with Crippen molar-refractivity contribution in [3.63, 3.8) is 0 Å². The highest BCUT2D eigenvalue weighted by Crippen LogP contribution is 2.21. The van der Waals surface area contributed by atoms with Gasteiger partial charge in [-0.2, -0.15) is 0 Å². The lowest BCUT2D eigenvalue weighted by Gasteiger charge is -2.34. The second-order valence-electron chi connectivity index (χ2n) is 5.17. The number of hydrogen-bond acceptors (Lipinski definition) is 2. The lowest BCUT2D eigenvalue weighted by atomic mass is 10.0. The molecule has 0 aliphatic rings. The van der Waals surface area contributed by atoms with Crippen LogP contribution in [0.1, 0.15) is 26.3 Å². The summed E-state index contributed by atoms with van der Waals surface area (Å²) in [5.41, 5.74) is 0.610. The van der Waals surface area contributed by atoms with E-state index in [1.165, 1.54) is 6.07 Å². The van der Waals surface area contributed by atoms with Crippen LogP contribution in [0.2, 0.25) is 0 Å². The van der Waals surface area contributed by atoms with Gasteiger partial charge in [0.15, 0.2) is 0 Å². The Morgan fingerprint density at radius 3 is 2.50 bits per heavy atom. The average Bonchev–Trinajstić information content (AvgIpc) is 2.20. The minimum atomic E-state index is -0.869. The number of rotatable bonds is 4. The maximum Gasteiger partial charge on any atom is 0.317 e. The Morgan fingerprint density at radius 2 is 2.06 bits per heavy atom. The van der Waals surface area contributed by atoms with Crippen LogP contribution in [-0.4, -0.2) is 28.1 Å². The Bertz CT molecular complexity index is 443. The van der Waals surface area contributed by atoms with Crippen molar-refractivity contribution in [3.05, 3.63) is 34.1 Å². The van der Waals surface area contributed by atoms with Crippen LogP contribution < -0.4 is 0 Å². The molecule has 0 heterocycles. The number of nitrogens with zero attached hydrogens (tertiary/aromatic N) is 1. The highest BCUT2D eigenvalue weighted by molar-refractivity contribution is 9.10. The molecule has 0 spiro atoms. The van der Waals surface area contributed by atoms with Crippen LogP contribution >= 0.6 is 15.9 Å². The molecule has 3 nitrogen and oxygen atoms in total. The summed E-state index contributed by atoms with van der Waals surface area (Å²) in [5, 5.41) is 8.91. The Hall–Kier alpha value is -0.940. The summed E-state index contributed by atoms with van der Waals surface area (Å²) in [6.07, 6.45) is 0. The number of benzene rings is 1. The molecule has 0 fully saturated rings. The first kappa shape index (κ1) is 15.1. The lowest BCUT2D eigenvalue weighted by molar-refractivity contribution is -0.139. The van der Waals surface area contributed by atoms with Crippen molar-refractivity contribution in [3.8, 4) is 0 Å². The van der Waals surface area contributed by atoms with Gasteiger partial charge < -0.3 is 5.11 Å². The predicted octanol–water partition coefficient (Wildman–Crippen LogP) is 3.27. The molecule has 0 unspecified atom stereocenters. The molecule has 0 saturated carbocycles. The third-order valence-electron chi connectivity index (χ3n) is 2.63. The molecule has 0 atom stereocenters. The number of carboxylic acids is 1. The highest BCUT2D eigenvalue weighted by Gasteiger charge is 2.23. The van der Waals surface area contributed by atoms with Crippen LogP contribution in [0.4, 0.5) is 4.39 Å². The van der Waals surface area contributed by atoms with Crippen LogP contribution in [-0.2, 0) is 11.3 Å². The molecule has 0 radical (unpaired) electrons. The fourth-order valence-corrected chi connectivity index (χ4v) is 1.98. The largest absolute Gasteiger partial charge is 0.480 e. The fourth-order valence-electron chi connectivity index (χ4n) is 1.55. The number of carbonyl (C=O) groups is 1. The summed E-state index contributed by atoms with van der Waals surface area (Å²) in [6.45, 7) is 6.28. The molecule has 1 aromatic carbocycles. The van der Waals surface area contributed by atoms with E-state index in [-0.39, 0.29) is 17.9 Å². The van der Waals surface area contributed by atoms with E-state index in [1.807, 2.05) is 25.7 Å². The SMILES string of the molecule is CC(C)(C)N(CC(=O)O)Cc1ccc(F)c(Br)c1. The Labute approximate surface area is 115 Å². The Balaban J connectivity index is 2.89. The van der Waals surface area contributed by atoms with E-state index in [1.54, 1.807) is 12.1 Å². The summed E-state index contributed by atoms with van der Waals surface area (Å²) >= 11 is 3.13. The van der Waals surface area contributed by atoms with Gasteiger partial charge >= 0.3 is 5.97 Å². The van der Waals surface area contributed by atoms with E-state index < -0.39 is 5.97 Å². The number of halogens is 2.